The van der Waals surface area contributed by atoms with Gasteiger partial charge in [-0.3, -0.25) is 9.36 Å². The highest BCUT2D eigenvalue weighted by molar-refractivity contribution is 7.99. The van der Waals surface area contributed by atoms with E-state index in [1.165, 1.54) is 17.8 Å². The fourth-order valence-corrected chi connectivity index (χ4v) is 3.61. The summed E-state index contributed by atoms with van der Waals surface area (Å²) >= 11 is 1.18. The van der Waals surface area contributed by atoms with Gasteiger partial charge < -0.3 is 4.42 Å². The minimum atomic E-state index is -1.05. The van der Waals surface area contributed by atoms with Crippen molar-refractivity contribution < 1.29 is 18.0 Å². The average molecular weight is 411 g/mol. The number of nitrogens with zero attached hydrogens (tertiary/aromatic N) is 3. The van der Waals surface area contributed by atoms with Crippen LogP contribution in [0.1, 0.15) is 15.9 Å². The summed E-state index contributed by atoms with van der Waals surface area (Å²) in [5.41, 5.74) is 1.14. The van der Waals surface area contributed by atoms with E-state index in [9.17, 15) is 13.6 Å². The lowest BCUT2D eigenvalue weighted by Gasteiger charge is -2.09. The van der Waals surface area contributed by atoms with E-state index in [4.69, 9.17) is 4.42 Å². The number of hydrogen-bond acceptors (Lipinski definition) is 5. The van der Waals surface area contributed by atoms with E-state index >= 15 is 0 Å². The molecule has 0 aliphatic carbocycles. The summed E-state index contributed by atoms with van der Waals surface area (Å²) in [6.45, 7) is 0.492. The van der Waals surface area contributed by atoms with Crippen molar-refractivity contribution in [2.24, 2.45) is 0 Å². The van der Waals surface area contributed by atoms with Crippen molar-refractivity contribution in [1.82, 2.24) is 14.8 Å². The van der Waals surface area contributed by atoms with Crippen LogP contribution in [0.3, 0.4) is 0 Å². The van der Waals surface area contributed by atoms with Crippen LogP contribution in [0, 0.1) is 11.6 Å². The summed E-state index contributed by atoms with van der Waals surface area (Å²) in [7, 11) is 0. The molecule has 0 spiro atoms. The zero-order valence-corrected chi connectivity index (χ0v) is 15.9. The zero-order valence-electron chi connectivity index (χ0n) is 15.1. The molecule has 0 saturated heterocycles. The van der Waals surface area contributed by atoms with Gasteiger partial charge in [0.05, 0.1) is 18.6 Å². The molecule has 8 heteroatoms. The Hall–Kier alpha value is -3.26. The molecule has 4 rings (SSSR count). The molecule has 0 unspecified atom stereocenters. The van der Waals surface area contributed by atoms with Gasteiger partial charge in [-0.2, -0.15) is 0 Å². The Morgan fingerprint density at radius 3 is 2.55 bits per heavy atom. The monoisotopic (exact) mass is 411 g/mol. The summed E-state index contributed by atoms with van der Waals surface area (Å²) in [5, 5.41) is 8.93. The van der Waals surface area contributed by atoms with E-state index in [0.717, 1.165) is 17.7 Å². The number of aromatic nitrogens is 3. The Bertz CT molecular complexity index is 1130. The molecular formula is C21H15F2N3O2S. The molecule has 0 aliphatic rings. The van der Waals surface area contributed by atoms with Crippen molar-refractivity contribution in [2.75, 3.05) is 5.75 Å². The number of halogens is 2. The highest BCUT2D eigenvalue weighted by Crippen LogP contribution is 2.26. The Morgan fingerprint density at radius 1 is 1.00 bits per heavy atom. The van der Waals surface area contributed by atoms with Gasteiger partial charge in [-0.15, -0.1) is 10.2 Å². The summed E-state index contributed by atoms with van der Waals surface area (Å²) in [6, 6.07) is 16.4. The van der Waals surface area contributed by atoms with Crippen LogP contribution >= 0.6 is 11.8 Å². The topological polar surface area (TPSA) is 60.9 Å². The first-order valence-electron chi connectivity index (χ1n) is 8.74. The number of Topliss-reactive ketones (excluding diaryl/α,β-unsaturated/α-hetero) is 1. The molecular weight excluding hydrogens is 396 g/mol. The average Bonchev–Trinajstić information content (AvgIpc) is 3.39. The van der Waals surface area contributed by atoms with Crippen molar-refractivity contribution in [1.29, 1.82) is 0 Å². The molecule has 29 heavy (non-hydrogen) atoms. The molecule has 0 atom stereocenters. The highest BCUT2D eigenvalue weighted by Gasteiger charge is 2.18. The third kappa shape index (κ3) is 4.27. The Labute approximate surface area is 169 Å². The van der Waals surface area contributed by atoms with Crippen LogP contribution < -0.4 is 0 Å². The first kappa shape index (κ1) is 19.1. The van der Waals surface area contributed by atoms with Crippen LogP contribution in [0.5, 0.6) is 0 Å². The lowest BCUT2D eigenvalue weighted by Crippen LogP contribution is -2.07. The molecule has 0 bridgehead atoms. The normalized spacial score (nSPS) is 11.0. The van der Waals surface area contributed by atoms with Crippen molar-refractivity contribution in [2.45, 2.75) is 11.7 Å². The first-order chi connectivity index (χ1) is 14.1. The maximum Gasteiger partial charge on any atom is 0.200 e. The largest absolute Gasteiger partial charge is 0.461 e. The summed E-state index contributed by atoms with van der Waals surface area (Å²) < 4.78 is 33.8. The molecule has 2 aromatic heterocycles. The van der Waals surface area contributed by atoms with Crippen LogP contribution in [0.15, 0.2) is 76.5 Å². The van der Waals surface area contributed by atoms with Crippen LogP contribution in [0.4, 0.5) is 8.78 Å². The highest BCUT2D eigenvalue weighted by atomic mass is 32.2. The quantitative estimate of drug-likeness (QED) is 0.322. The second-order valence-corrected chi connectivity index (χ2v) is 7.14. The van der Waals surface area contributed by atoms with Gasteiger partial charge in [-0.25, -0.2) is 8.78 Å². The van der Waals surface area contributed by atoms with Gasteiger partial charge in [0.15, 0.2) is 28.3 Å². The molecule has 0 amide bonds. The summed E-state index contributed by atoms with van der Waals surface area (Å²) in [4.78, 5) is 12.4. The lowest BCUT2D eigenvalue weighted by atomic mass is 10.1. The maximum atomic E-state index is 13.4. The number of benzene rings is 2. The predicted octanol–water partition coefficient (Wildman–Crippen LogP) is 4.84. The Balaban J connectivity index is 1.58. The first-order valence-corrected chi connectivity index (χ1v) is 9.72. The van der Waals surface area contributed by atoms with Gasteiger partial charge in [-0.05, 0) is 35.9 Å². The van der Waals surface area contributed by atoms with Gasteiger partial charge in [0.25, 0.3) is 0 Å². The Kier molecular flexibility index (Phi) is 5.53. The number of carbonyl (C=O) groups excluding carboxylic acids is 1. The number of furan rings is 1. The maximum absolute atomic E-state index is 13.4. The third-order valence-corrected chi connectivity index (χ3v) is 5.18. The van der Waals surface area contributed by atoms with E-state index in [1.807, 2.05) is 34.9 Å². The second kappa shape index (κ2) is 8.40. The van der Waals surface area contributed by atoms with Crippen LogP contribution in [-0.2, 0) is 6.54 Å². The van der Waals surface area contributed by atoms with E-state index in [2.05, 4.69) is 10.2 Å². The molecule has 0 radical (unpaired) electrons. The molecule has 0 N–H and O–H groups in total. The van der Waals surface area contributed by atoms with Crippen molar-refractivity contribution in [3.05, 3.63) is 89.7 Å². The lowest BCUT2D eigenvalue weighted by molar-refractivity contribution is 0.102. The fourth-order valence-electron chi connectivity index (χ4n) is 2.78. The molecule has 0 saturated carbocycles. The smallest absolute Gasteiger partial charge is 0.200 e. The zero-order chi connectivity index (χ0) is 20.2. The molecule has 0 fully saturated rings. The van der Waals surface area contributed by atoms with Crippen molar-refractivity contribution in [3.8, 4) is 11.6 Å². The number of rotatable bonds is 7. The molecule has 5 nitrogen and oxygen atoms in total. The second-order valence-electron chi connectivity index (χ2n) is 6.20. The fraction of sp³-hybridized carbons (Fsp3) is 0.0952. The third-order valence-electron chi connectivity index (χ3n) is 4.22. The molecule has 4 aromatic rings. The minimum absolute atomic E-state index is 0.0101. The van der Waals surface area contributed by atoms with E-state index in [-0.39, 0.29) is 17.1 Å². The molecule has 0 aliphatic heterocycles. The van der Waals surface area contributed by atoms with Gasteiger partial charge in [-0.1, -0.05) is 42.1 Å². The van der Waals surface area contributed by atoms with Crippen LogP contribution in [0.25, 0.3) is 11.6 Å². The standard InChI is InChI=1S/C21H15F2N3O2S/c22-16-9-8-15(11-17(16)23)18(27)13-29-21-25-24-20(19-7-4-10-28-19)26(21)12-14-5-2-1-3-6-14/h1-11H,12-13H2. The molecule has 146 valence electrons. The summed E-state index contributed by atoms with van der Waals surface area (Å²) in [5.74, 6) is -1.25. The minimum Gasteiger partial charge on any atom is -0.461 e. The molecule has 2 heterocycles. The van der Waals surface area contributed by atoms with Gasteiger partial charge in [0, 0.05) is 5.56 Å². The summed E-state index contributed by atoms with van der Waals surface area (Å²) in [6.07, 6.45) is 1.55. The number of thioether (sulfide) groups is 1. The SMILES string of the molecule is O=C(CSc1nnc(-c2ccco2)n1Cc1ccccc1)c1ccc(F)c(F)c1. The van der Waals surface area contributed by atoms with Crippen LogP contribution in [-0.4, -0.2) is 26.3 Å². The Morgan fingerprint density at radius 2 is 1.83 bits per heavy atom. The van der Waals surface area contributed by atoms with Crippen LogP contribution in [0.2, 0.25) is 0 Å². The van der Waals surface area contributed by atoms with Gasteiger partial charge >= 0.3 is 0 Å². The van der Waals surface area contributed by atoms with E-state index in [0.29, 0.717) is 23.3 Å². The number of ketones is 1. The van der Waals surface area contributed by atoms with E-state index < -0.39 is 11.6 Å². The predicted molar refractivity (Wildman–Crippen MR) is 105 cm³/mol. The molecule has 2 aromatic carbocycles. The van der Waals surface area contributed by atoms with Gasteiger partial charge in [0.2, 0.25) is 5.82 Å². The van der Waals surface area contributed by atoms with Gasteiger partial charge in [0.1, 0.15) is 0 Å². The number of hydrogen-bond donors (Lipinski definition) is 0. The van der Waals surface area contributed by atoms with E-state index in [1.54, 1.807) is 18.4 Å². The number of carbonyl (C=O) groups is 1. The van der Waals surface area contributed by atoms with Crippen molar-refractivity contribution >= 4 is 17.5 Å². The van der Waals surface area contributed by atoms with Crippen molar-refractivity contribution in [3.63, 3.8) is 0 Å².